The summed E-state index contributed by atoms with van der Waals surface area (Å²) in [6, 6.07) is 9.06. The van der Waals surface area contributed by atoms with Crippen LogP contribution in [0.3, 0.4) is 0 Å². The molecule has 1 unspecified atom stereocenters. The van der Waals surface area contributed by atoms with Crippen molar-refractivity contribution in [1.82, 2.24) is 0 Å². The number of benzene rings is 2. The third-order valence-electron chi connectivity index (χ3n) is 7.89. The van der Waals surface area contributed by atoms with Gasteiger partial charge in [0.25, 0.3) is 0 Å². The van der Waals surface area contributed by atoms with Crippen molar-refractivity contribution in [2.45, 2.75) is 83.2 Å². The fraction of sp³-hybridized carbons (Fsp3) is 0.571. The maximum Gasteiger partial charge on any atom is 0.461 e. The third-order valence-corrected chi connectivity index (χ3v) is 7.89. The molecule has 0 radical (unpaired) electrons. The van der Waals surface area contributed by atoms with Gasteiger partial charge in [-0.05, 0) is 84.6 Å². The first-order valence-corrected chi connectivity index (χ1v) is 12.6. The van der Waals surface area contributed by atoms with E-state index in [1.54, 1.807) is 12.1 Å². The van der Waals surface area contributed by atoms with Crippen LogP contribution >= 0.6 is 0 Å². The zero-order valence-electron chi connectivity index (χ0n) is 19.9. The molecule has 35 heavy (non-hydrogen) atoms. The Hall–Kier alpha value is -2.18. The van der Waals surface area contributed by atoms with Crippen LogP contribution < -0.4 is 4.74 Å². The summed E-state index contributed by atoms with van der Waals surface area (Å²) in [7, 11) is 0. The molecule has 2 fully saturated rings. The van der Waals surface area contributed by atoms with Gasteiger partial charge < -0.3 is 4.74 Å². The average molecular weight is 499 g/mol. The van der Waals surface area contributed by atoms with E-state index in [4.69, 9.17) is 0 Å². The van der Waals surface area contributed by atoms with E-state index in [0.717, 1.165) is 42.7 Å². The zero-order chi connectivity index (χ0) is 25.2. The monoisotopic (exact) mass is 498 g/mol. The Kier molecular flexibility index (Phi) is 8.02. The van der Waals surface area contributed by atoms with Crippen LogP contribution in [-0.4, -0.2) is 12.5 Å². The van der Waals surface area contributed by atoms with Crippen molar-refractivity contribution in [1.29, 1.82) is 0 Å². The van der Waals surface area contributed by atoms with E-state index >= 15 is 0 Å². The molecule has 4 atom stereocenters. The molecule has 0 N–H and O–H groups in total. The lowest BCUT2D eigenvalue weighted by Crippen LogP contribution is -2.34. The second-order valence-electron chi connectivity index (χ2n) is 10.2. The van der Waals surface area contributed by atoms with E-state index < -0.39 is 29.9 Å². The lowest BCUT2D eigenvalue weighted by Gasteiger charge is -2.42. The first kappa shape index (κ1) is 25.9. The summed E-state index contributed by atoms with van der Waals surface area (Å²) in [5, 5.41) is 0. The largest absolute Gasteiger partial charge is 0.461 e. The predicted molar refractivity (Wildman–Crippen MR) is 124 cm³/mol. The van der Waals surface area contributed by atoms with Crippen LogP contribution in [0.5, 0.6) is 5.75 Å². The second kappa shape index (κ2) is 10.8. The minimum Gasteiger partial charge on any atom is -0.422 e. The van der Waals surface area contributed by atoms with Gasteiger partial charge in [-0.3, -0.25) is 0 Å². The zero-order valence-corrected chi connectivity index (χ0v) is 19.9. The first-order valence-electron chi connectivity index (χ1n) is 12.6. The van der Waals surface area contributed by atoms with Crippen molar-refractivity contribution >= 4 is 0 Å². The summed E-state index contributed by atoms with van der Waals surface area (Å²) < 4.78 is 83.1. The van der Waals surface area contributed by atoms with Gasteiger partial charge in [0, 0.05) is 0 Å². The summed E-state index contributed by atoms with van der Waals surface area (Å²) in [5.74, 6) is -1.52. The minimum atomic E-state index is -4.99. The Balaban J connectivity index is 1.42. The van der Waals surface area contributed by atoms with Crippen LogP contribution in [0, 0.1) is 29.4 Å². The Morgan fingerprint density at radius 3 is 2.14 bits per heavy atom. The maximum absolute atomic E-state index is 14.3. The predicted octanol–water partition coefficient (Wildman–Crippen LogP) is 9.36. The van der Waals surface area contributed by atoms with Crippen LogP contribution in [0.25, 0.3) is 11.1 Å². The molecule has 0 aliphatic heterocycles. The van der Waals surface area contributed by atoms with Gasteiger partial charge in [0.1, 0.15) is 0 Å². The molecule has 192 valence electrons. The molecule has 7 heteroatoms. The summed E-state index contributed by atoms with van der Waals surface area (Å²) in [4.78, 5) is 0. The van der Waals surface area contributed by atoms with Gasteiger partial charge in [0.15, 0.2) is 17.4 Å². The molecule has 1 nitrogen and oxygen atoms in total. The molecule has 0 saturated heterocycles. The van der Waals surface area contributed by atoms with Crippen LogP contribution in [0.4, 0.5) is 26.3 Å². The van der Waals surface area contributed by atoms with E-state index in [-0.39, 0.29) is 5.56 Å². The van der Waals surface area contributed by atoms with Gasteiger partial charge >= 0.3 is 12.5 Å². The van der Waals surface area contributed by atoms with Gasteiger partial charge in [0.05, 0.1) is 0 Å². The average Bonchev–Trinajstić information content (AvgIpc) is 2.84. The van der Waals surface area contributed by atoms with E-state index in [1.807, 2.05) is 12.1 Å². The number of halogens is 6. The van der Waals surface area contributed by atoms with E-state index in [1.165, 1.54) is 50.5 Å². The molecule has 2 aromatic carbocycles. The standard InChI is InChI=1S/C28H32F6O/c1-2-3-4-17-5-6-22-14-21(12-11-20(22)13-17)18-7-9-19(10-8-18)23-15-24(29)26(25(30)16-23)35-28(33,34)27(31)32/h7-10,15-17,20-22,27H,2-6,11-14H2,1H3/t17?,20-,21-,22-/m1/s1. The molecule has 2 saturated carbocycles. The Morgan fingerprint density at radius 1 is 0.886 bits per heavy atom. The van der Waals surface area contributed by atoms with Crippen molar-refractivity contribution < 1.29 is 31.1 Å². The molecule has 0 bridgehead atoms. The highest BCUT2D eigenvalue weighted by atomic mass is 19.3. The van der Waals surface area contributed by atoms with Gasteiger partial charge in [-0.2, -0.15) is 17.6 Å². The summed E-state index contributed by atoms with van der Waals surface area (Å²) in [6.45, 7) is 2.25. The smallest absolute Gasteiger partial charge is 0.422 e. The number of rotatable bonds is 8. The SMILES string of the molecule is CCCCC1CC[C@@H]2C[C@H](c3ccc(-c4cc(F)c(OC(F)(F)C(F)F)c(F)c4)cc3)CC[C@@H]2C1. The van der Waals surface area contributed by atoms with Crippen molar-refractivity contribution in [3.63, 3.8) is 0 Å². The van der Waals surface area contributed by atoms with Crippen molar-refractivity contribution in [2.75, 3.05) is 0 Å². The number of unbranched alkanes of at least 4 members (excludes halogenated alkanes) is 1. The van der Waals surface area contributed by atoms with E-state index in [0.29, 0.717) is 11.5 Å². The van der Waals surface area contributed by atoms with Crippen LogP contribution in [-0.2, 0) is 0 Å². The topological polar surface area (TPSA) is 9.23 Å². The highest BCUT2D eigenvalue weighted by molar-refractivity contribution is 5.65. The number of hydrogen-bond acceptors (Lipinski definition) is 1. The molecule has 4 rings (SSSR count). The highest BCUT2D eigenvalue weighted by Gasteiger charge is 2.45. The fourth-order valence-electron chi connectivity index (χ4n) is 6.00. The number of ether oxygens (including phenoxy) is 1. The minimum absolute atomic E-state index is 0.119. The normalized spacial score (nSPS) is 24.9. The maximum atomic E-state index is 14.3. The van der Waals surface area contributed by atoms with Crippen molar-refractivity contribution in [3.05, 3.63) is 53.6 Å². The van der Waals surface area contributed by atoms with Gasteiger partial charge in [-0.1, -0.05) is 56.9 Å². The molecule has 0 heterocycles. The fourth-order valence-corrected chi connectivity index (χ4v) is 6.00. The summed E-state index contributed by atoms with van der Waals surface area (Å²) in [6.07, 6.45) is 2.26. The lowest BCUT2D eigenvalue weighted by atomic mass is 9.63. The van der Waals surface area contributed by atoms with E-state index in [2.05, 4.69) is 11.7 Å². The Morgan fingerprint density at radius 2 is 1.51 bits per heavy atom. The van der Waals surface area contributed by atoms with Crippen LogP contribution in [0.1, 0.15) is 76.2 Å². The molecule has 2 aromatic rings. The van der Waals surface area contributed by atoms with Crippen LogP contribution in [0.2, 0.25) is 0 Å². The van der Waals surface area contributed by atoms with Gasteiger partial charge in [-0.25, -0.2) is 8.78 Å². The summed E-state index contributed by atoms with van der Waals surface area (Å²) in [5.41, 5.74) is 1.81. The van der Waals surface area contributed by atoms with Gasteiger partial charge in [0.2, 0.25) is 0 Å². The Bertz CT molecular complexity index is 966. The number of hydrogen-bond donors (Lipinski definition) is 0. The lowest BCUT2D eigenvalue weighted by molar-refractivity contribution is -0.255. The summed E-state index contributed by atoms with van der Waals surface area (Å²) >= 11 is 0. The number of fused-ring (bicyclic) bond motifs is 1. The highest BCUT2D eigenvalue weighted by Crippen LogP contribution is 2.48. The third kappa shape index (κ3) is 5.97. The van der Waals surface area contributed by atoms with Crippen LogP contribution in [0.15, 0.2) is 36.4 Å². The Labute approximate surface area is 202 Å². The number of alkyl halides is 4. The van der Waals surface area contributed by atoms with Gasteiger partial charge in [-0.15, -0.1) is 0 Å². The first-order chi connectivity index (χ1) is 16.7. The van der Waals surface area contributed by atoms with Crippen molar-refractivity contribution in [3.8, 4) is 16.9 Å². The second-order valence-corrected chi connectivity index (χ2v) is 10.2. The molecular weight excluding hydrogens is 466 g/mol. The molecular formula is C28H32F6O. The molecule has 2 aliphatic rings. The molecule has 0 spiro atoms. The molecule has 0 aromatic heterocycles. The molecule has 2 aliphatic carbocycles. The van der Waals surface area contributed by atoms with E-state index in [9.17, 15) is 26.3 Å². The quantitative estimate of drug-likeness (QED) is 0.330. The molecule has 0 amide bonds. The van der Waals surface area contributed by atoms with Crippen molar-refractivity contribution in [2.24, 2.45) is 17.8 Å².